The van der Waals surface area contributed by atoms with Gasteiger partial charge in [0, 0.05) is 0 Å². The summed E-state index contributed by atoms with van der Waals surface area (Å²) in [5, 5.41) is 0.119. The predicted molar refractivity (Wildman–Crippen MR) is 72.2 cm³/mol. The number of alkyl halides is 1. The van der Waals surface area contributed by atoms with Gasteiger partial charge in [0.25, 0.3) is 0 Å². The smallest absolute Gasteiger partial charge is 0.342 e. The first-order valence-corrected chi connectivity index (χ1v) is 6.64. The number of carbonyl (C=O) groups is 2. The third-order valence-corrected chi connectivity index (χ3v) is 2.13. The number of carbonyl (C=O) groups excluding carboxylic acids is 2. The number of ketones is 1. The largest absolute Gasteiger partial charge is 0.456 e. The van der Waals surface area contributed by atoms with Crippen LogP contribution in [0.4, 0.5) is 0 Å². The molecule has 0 radical (unpaired) electrons. The molecule has 0 saturated heterocycles. The van der Waals surface area contributed by atoms with E-state index in [-0.39, 0.29) is 22.1 Å². The van der Waals surface area contributed by atoms with E-state index in [4.69, 9.17) is 4.74 Å². The molecular weight excluding hydrogens is 284 g/mol. The Morgan fingerprint density at radius 1 is 1.12 bits per heavy atom. The Kier molecular flexibility index (Phi) is 5.59. The van der Waals surface area contributed by atoms with E-state index in [1.807, 2.05) is 20.8 Å². The Balaban J connectivity index is 5.16. The van der Waals surface area contributed by atoms with Gasteiger partial charge in [0.2, 0.25) is 0 Å². The fourth-order valence-electron chi connectivity index (χ4n) is 1.09. The minimum Gasteiger partial charge on any atom is -0.456 e. The molecular formula is C13H21BrO3. The Labute approximate surface area is 112 Å². The van der Waals surface area contributed by atoms with Crippen molar-refractivity contribution >= 4 is 27.7 Å². The van der Waals surface area contributed by atoms with Crippen LogP contribution >= 0.6 is 15.9 Å². The summed E-state index contributed by atoms with van der Waals surface area (Å²) >= 11 is 3.07. The van der Waals surface area contributed by atoms with Crippen molar-refractivity contribution in [2.45, 2.75) is 47.1 Å². The second-order valence-electron chi connectivity index (χ2n) is 5.98. The number of hydrogen-bond donors (Lipinski definition) is 0. The summed E-state index contributed by atoms with van der Waals surface area (Å²) in [6.45, 7) is 11.1. The van der Waals surface area contributed by atoms with Crippen LogP contribution in [0.1, 0.15) is 41.5 Å². The van der Waals surface area contributed by atoms with E-state index >= 15 is 0 Å². The molecule has 3 nitrogen and oxygen atoms in total. The lowest BCUT2D eigenvalue weighted by Gasteiger charge is -2.21. The predicted octanol–water partition coefficient (Wildman–Crippen LogP) is 3.26. The second-order valence-corrected chi connectivity index (χ2v) is 6.54. The van der Waals surface area contributed by atoms with Gasteiger partial charge in [-0.05, 0) is 26.2 Å². The summed E-state index contributed by atoms with van der Waals surface area (Å²) in [7, 11) is 0. The molecule has 0 spiro atoms. The average molecular weight is 305 g/mol. The number of esters is 1. The topological polar surface area (TPSA) is 43.4 Å². The molecule has 0 aromatic carbocycles. The Morgan fingerprint density at radius 3 is 1.88 bits per heavy atom. The summed E-state index contributed by atoms with van der Waals surface area (Å²) in [4.78, 5) is 23.6. The summed E-state index contributed by atoms with van der Waals surface area (Å²) in [5.41, 5.74) is -0.727. The molecule has 17 heavy (non-hydrogen) atoms. The van der Waals surface area contributed by atoms with Gasteiger partial charge in [-0.15, -0.1) is 0 Å². The van der Waals surface area contributed by atoms with Crippen molar-refractivity contribution in [3.63, 3.8) is 0 Å². The van der Waals surface area contributed by atoms with E-state index in [9.17, 15) is 9.59 Å². The number of halogens is 1. The number of allylic oxidation sites excluding steroid dienone is 1. The van der Waals surface area contributed by atoms with E-state index in [1.165, 1.54) is 0 Å². The molecule has 0 bridgehead atoms. The minimum absolute atomic E-state index is 0.115. The van der Waals surface area contributed by atoms with Gasteiger partial charge in [-0.25, -0.2) is 4.79 Å². The molecule has 98 valence electrons. The number of rotatable bonds is 3. The molecule has 0 fully saturated rings. The van der Waals surface area contributed by atoms with Crippen molar-refractivity contribution in [2.75, 3.05) is 5.33 Å². The lowest BCUT2D eigenvalue weighted by molar-refractivity contribution is -0.150. The Bertz CT molecular complexity index is 330. The van der Waals surface area contributed by atoms with Crippen LogP contribution in [0.25, 0.3) is 0 Å². The molecule has 0 atom stereocenters. The van der Waals surface area contributed by atoms with Crippen LogP contribution in [0.15, 0.2) is 11.6 Å². The normalized spacial score (nSPS) is 13.5. The third kappa shape index (κ3) is 7.31. The summed E-state index contributed by atoms with van der Waals surface area (Å²) in [6, 6.07) is 0. The molecule has 0 saturated carbocycles. The van der Waals surface area contributed by atoms with Gasteiger partial charge in [0.15, 0.2) is 5.78 Å². The van der Waals surface area contributed by atoms with Crippen LogP contribution in [-0.4, -0.2) is 22.7 Å². The van der Waals surface area contributed by atoms with Crippen molar-refractivity contribution < 1.29 is 14.3 Å². The quantitative estimate of drug-likeness (QED) is 0.264. The van der Waals surface area contributed by atoms with Crippen LogP contribution in [-0.2, 0) is 14.3 Å². The van der Waals surface area contributed by atoms with Gasteiger partial charge in [-0.3, -0.25) is 4.79 Å². The molecule has 0 rings (SSSR count). The fraction of sp³-hybridized carbons (Fsp3) is 0.692. The van der Waals surface area contributed by atoms with E-state index < -0.39 is 11.6 Å². The molecule has 0 aromatic heterocycles. The highest BCUT2D eigenvalue weighted by Crippen LogP contribution is 2.21. The first kappa shape index (κ1) is 16.4. The van der Waals surface area contributed by atoms with Crippen LogP contribution in [0, 0.1) is 5.41 Å². The molecule has 4 heteroatoms. The summed E-state index contributed by atoms with van der Waals surface area (Å²) in [5.74, 6) is -0.814. The molecule has 0 aromatic rings. The fourth-order valence-corrected chi connectivity index (χ4v) is 1.39. The maximum atomic E-state index is 11.9. The van der Waals surface area contributed by atoms with Gasteiger partial charge in [0.05, 0.1) is 5.33 Å². The number of Topliss-reactive ketones (excluding diaryl/α,β-unsaturated/α-hetero) is 1. The Hall–Kier alpha value is -0.640. The van der Waals surface area contributed by atoms with Crippen molar-refractivity contribution in [3.05, 3.63) is 11.6 Å². The third-order valence-electron chi connectivity index (χ3n) is 1.62. The summed E-state index contributed by atoms with van der Waals surface area (Å²) in [6.07, 6.45) is 1.66. The molecule has 0 aliphatic heterocycles. The standard InChI is InChI=1S/C13H21BrO3/c1-12(2,3)7-9(10(15)8-14)11(16)17-13(4,5)6/h7H,8H2,1-6H3. The van der Waals surface area contributed by atoms with Crippen LogP contribution in [0.2, 0.25) is 0 Å². The average Bonchev–Trinajstić information content (AvgIpc) is 2.08. The SMILES string of the molecule is CC(C)(C)C=C(C(=O)CBr)C(=O)OC(C)(C)C. The van der Waals surface area contributed by atoms with Crippen LogP contribution in [0.3, 0.4) is 0 Å². The van der Waals surface area contributed by atoms with Crippen LogP contribution < -0.4 is 0 Å². The van der Waals surface area contributed by atoms with E-state index in [1.54, 1.807) is 26.8 Å². The maximum Gasteiger partial charge on any atom is 0.342 e. The Morgan fingerprint density at radius 2 is 1.59 bits per heavy atom. The van der Waals surface area contributed by atoms with Gasteiger partial charge in [0.1, 0.15) is 11.2 Å². The molecule has 0 unspecified atom stereocenters. The van der Waals surface area contributed by atoms with Gasteiger partial charge in [-0.2, -0.15) is 0 Å². The zero-order valence-corrected chi connectivity index (χ0v) is 13.0. The zero-order valence-electron chi connectivity index (χ0n) is 11.4. The monoisotopic (exact) mass is 304 g/mol. The highest BCUT2D eigenvalue weighted by Gasteiger charge is 2.25. The van der Waals surface area contributed by atoms with Gasteiger partial charge >= 0.3 is 5.97 Å². The van der Waals surface area contributed by atoms with Crippen LogP contribution in [0.5, 0.6) is 0 Å². The number of ether oxygens (including phenoxy) is 1. The van der Waals surface area contributed by atoms with Crippen molar-refractivity contribution in [1.82, 2.24) is 0 Å². The van der Waals surface area contributed by atoms with Gasteiger partial charge in [-0.1, -0.05) is 42.8 Å². The highest BCUT2D eigenvalue weighted by molar-refractivity contribution is 9.09. The molecule has 0 aliphatic rings. The van der Waals surface area contributed by atoms with Crippen molar-refractivity contribution in [1.29, 1.82) is 0 Å². The minimum atomic E-state index is -0.597. The molecule has 0 amide bonds. The van der Waals surface area contributed by atoms with E-state index in [0.717, 1.165) is 0 Å². The molecule has 0 heterocycles. The van der Waals surface area contributed by atoms with Crippen molar-refractivity contribution in [3.8, 4) is 0 Å². The molecule has 0 N–H and O–H groups in total. The first-order valence-electron chi connectivity index (χ1n) is 5.51. The zero-order chi connectivity index (χ0) is 13.9. The summed E-state index contributed by atoms with van der Waals surface area (Å²) < 4.78 is 5.22. The lowest BCUT2D eigenvalue weighted by atomic mass is 9.92. The van der Waals surface area contributed by atoms with E-state index in [0.29, 0.717) is 0 Å². The van der Waals surface area contributed by atoms with E-state index in [2.05, 4.69) is 15.9 Å². The van der Waals surface area contributed by atoms with Gasteiger partial charge < -0.3 is 4.74 Å². The van der Waals surface area contributed by atoms with Crippen molar-refractivity contribution in [2.24, 2.45) is 5.41 Å². The lowest BCUT2D eigenvalue weighted by Crippen LogP contribution is -2.28. The molecule has 0 aliphatic carbocycles. The highest BCUT2D eigenvalue weighted by atomic mass is 79.9. The number of hydrogen-bond acceptors (Lipinski definition) is 3. The maximum absolute atomic E-state index is 11.9. The second kappa shape index (κ2) is 5.80. The first-order chi connectivity index (χ1) is 7.46.